The quantitative estimate of drug-likeness (QED) is 0.540. The smallest absolute Gasteiger partial charge is 0.243 e. The predicted octanol–water partition coefficient (Wildman–Crippen LogP) is 4.06. The van der Waals surface area contributed by atoms with Gasteiger partial charge in [0.05, 0.1) is 22.2 Å². The lowest BCUT2D eigenvalue weighted by Gasteiger charge is -2.33. The van der Waals surface area contributed by atoms with Crippen LogP contribution in [0.4, 0.5) is 5.13 Å². The third kappa shape index (κ3) is 5.31. The Morgan fingerprint density at radius 3 is 2.47 bits per heavy atom. The molecule has 1 N–H and O–H groups in total. The van der Waals surface area contributed by atoms with Crippen molar-refractivity contribution in [2.45, 2.75) is 4.90 Å². The van der Waals surface area contributed by atoms with E-state index in [9.17, 15) is 13.2 Å². The highest BCUT2D eigenvalue weighted by atomic mass is 35.5. The minimum atomic E-state index is -3.51. The van der Waals surface area contributed by atoms with Crippen LogP contribution in [0.5, 0.6) is 0 Å². The number of aromatic nitrogens is 1. The van der Waals surface area contributed by atoms with Crippen LogP contribution in [0.3, 0.4) is 0 Å². The molecule has 7 nitrogen and oxygen atoms in total. The summed E-state index contributed by atoms with van der Waals surface area (Å²) in [7, 11) is -3.51. The lowest BCUT2D eigenvalue weighted by molar-refractivity contribution is -0.117. The Morgan fingerprint density at radius 1 is 1.06 bits per heavy atom. The summed E-state index contributed by atoms with van der Waals surface area (Å²) in [5.74, 6) is -0.201. The van der Waals surface area contributed by atoms with Gasteiger partial charge in [0.25, 0.3) is 0 Å². The van der Waals surface area contributed by atoms with E-state index in [1.165, 1.54) is 15.6 Å². The van der Waals surface area contributed by atoms with Crippen molar-refractivity contribution in [3.63, 3.8) is 0 Å². The molecule has 1 amide bonds. The number of halogens is 2. The maximum absolute atomic E-state index is 12.7. The number of carbonyl (C=O) groups excluding carboxylic acids is 1. The van der Waals surface area contributed by atoms with E-state index in [1.54, 1.807) is 48.5 Å². The van der Waals surface area contributed by atoms with Crippen molar-refractivity contribution in [1.82, 2.24) is 14.2 Å². The minimum absolute atomic E-state index is 0.163. The first-order chi connectivity index (χ1) is 15.3. The summed E-state index contributed by atoms with van der Waals surface area (Å²) < 4.78 is 26.9. The second-order valence-corrected chi connectivity index (χ2v) is 10.8. The third-order valence-electron chi connectivity index (χ3n) is 5.04. The van der Waals surface area contributed by atoms with Gasteiger partial charge in [0.15, 0.2) is 5.13 Å². The summed E-state index contributed by atoms with van der Waals surface area (Å²) in [5.41, 5.74) is 1.40. The second kappa shape index (κ2) is 9.86. The fourth-order valence-corrected chi connectivity index (χ4v) is 6.06. The summed E-state index contributed by atoms with van der Waals surface area (Å²) in [6, 6.07) is 13.5. The first-order valence-corrected chi connectivity index (χ1v) is 12.9. The molecule has 11 heteroatoms. The fraction of sp³-hybridized carbons (Fsp3) is 0.238. The number of thiazole rings is 1. The van der Waals surface area contributed by atoms with E-state index in [4.69, 9.17) is 23.2 Å². The van der Waals surface area contributed by atoms with Gasteiger partial charge in [-0.1, -0.05) is 41.4 Å². The highest BCUT2D eigenvalue weighted by Crippen LogP contribution is 2.32. The van der Waals surface area contributed by atoms with Crippen LogP contribution >= 0.6 is 34.5 Å². The number of rotatable bonds is 6. The molecule has 1 aromatic heterocycles. The first-order valence-electron chi connectivity index (χ1n) is 9.81. The van der Waals surface area contributed by atoms with Crippen LogP contribution < -0.4 is 5.32 Å². The summed E-state index contributed by atoms with van der Waals surface area (Å²) in [4.78, 5) is 19.1. The first kappa shape index (κ1) is 23.2. The van der Waals surface area contributed by atoms with Crippen LogP contribution in [0.2, 0.25) is 10.0 Å². The Morgan fingerprint density at radius 2 is 1.78 bits per heavy atom. The number of amides is 1. The third-order valence-corrected chi connectivity index (χ3v) is 8.26. The second-order valence-electron chi connectivity index (χ2n) is 7.20. The predicted molar refractivity (Wildman–Crippen MR) is 128 cm³/mol. The fourth-order valence-electron chi connectivity index (χ4n) is 3.38. The van der Waals surface area contributed by atoms with E-state index in [1.807, 2.05) is 10.3 Å². The average Bonchev–Trinajstić information content (AvgIpc) is 3.22. The topological polar surface area (TPSA) is 82.6 Å². The number of benzene rings is 2. The van der Waals surface area contributed by atoms with Gasteiger partial charge in [0, 0.05) is 42.1 Å². The maximum Gasteiger partial charge on any atom is 0.243 e. The zero-order chi connectivity index (χ0) is 22.7. The minimum Gasteiger partial charge on any atom is -0.301 e. The molecule has 168 valence electrons. The molecule has 0 atom stereocenters. The van der Waals surface area contributed by atoms with Crippen LogP contribution in [-0.4, -0.2) is 61.2 Å². The number of anilines is 1. The molecule has 0 bridgehead atoms. The van der Waals surface area contributed by atoms with Gasteiger partial charge in [0.1, 0.15) is 0 Å². The molecule has 0 radical (unpaired) electrons. The summed E-state index contributed by atoms with van der Waals surface area (Å²) in [5, 5.41) is 6.12. The van der Waals surface area contributed by atoms with Crippen LogP contribution in [0.15, 0.2) is 58.8 Å². The van der Waals surface area contributed by atoms with Crippen molar-refractivity contribution in [3.8, 4) is 11.3 Å². The lowest BCUT2D eigenvalue weighted by Crippen LogP contribution is -2.50. The van der Waals surface area contributed by atoms with Crippen LogP contribution in [0.25, 0.3) is 11.3 Å². The molecular formula is C21H20Cl2N4O3S2. The van der Waals surface area contributed by atoms with Gasteiger partial charge in [-0.15, -0.1) is 11.3 Å². The molecule has 0 unspecified atom stereocenters. The van der Waals surface area contributed by atoms with E-state index in [0.717, 1.165) is 5.56 Å². The van der Waals surface area contributed by atoms with E-state index < -0.39 is 10.0 Å². The van der Waals surface area contributed by atoms with E-state index in [0.29, 0.717) is 47.0 Å². The van der Waals surface area contributed by atoms with Crippen molar-refractivity contribution in [3.05, 3.63) is 64.0 Å². The van der Waals surface area contributed by atoms with E-state index >= 15 is 0 Å². The van der Waals surface area contributed by atoms with Crippen LogP contribution in [0, 0.1) is 0 Å². The Kier molecular flexibility index (Phi) is 7.14. The summed E-state index contributed by atoms with van der Waals surface area (Å²) >= 11 is 13.5. The standard InChI is InChI=1S/C21H20Cl2N4O3S2/c22-15-6-7-17(18(23)12-15)19-14-31-21(24-19)25-20(28)13-26-8-10-27(11-9-26)32(29,30)16-4-2-1-3-5-16/h1-7,12,14H,8-11,13H2,(H,24,25,28). The maximum atomic E-state index is 12.7. The molecule has 0 saturated carbocycles. The average molecular weight is 511 g/mol. The van der Waals surface area contributed by atoms with Gasteiger partial charge in [0.2, 0.25) is 15.9 Å². The van der Waals surface area contributed by atoms with Crippen molar-refractivity contribution in [2.24, 2.45) is 0 Å². The Labute approximate surface area is 200 Å². The van der Waals surface area contributed by atoms with Gasteiger partial charge in [-0.2, -0.15) is 4.31 Å². The van der Waals surface area contributed by atoms with Crippen LogP contribution in [0.1, 0.15) is 0 Å². The molecule has 2 aromatic carbocycles. The normalized spacial score (nSPS) is 15.6. The van der Waals surface area contributed by atoms with Crippen LogP contribution in [-0.2, 0) is 14.8 Å². The highest BCUT2D eigenvalue weighted by molar-refractivity contribution is 7.89. The number of piperazine rings is 1. The molecule has 1 saturated heterocycles. The van der Waals surface area contributed by atoms with E-state index in [2.05, 4.69) is 10.3 Å². The SMILES string of the molecule is O=C(CN1CCN(S(=O)(=O)c2ccccc2)CC1)Nc1nc(-c2ccc(Cl)cc2Cl)cs1. The number of hydrogen-bond acceptors (Lipinski definition) is 6. The molecule has 1 aliphatic heterocycles. The number of carbonyl (C=O) groups is 1. The lowest BCUT2D eigenvalue weighted by atomic mass is 10.2. The Bertz CT molecular complexity index is 1210. The van der Waals surface area contributed by atoms with Gasteiger partial charge >= 0.3 is 0 Å². The molecule has 1 aliphatic rings. The molecule has 0 aliphatic carbocycles. The molecular weight excluding hydrogens is 491 g/mol. The largest absolute Gasteiger partial charge is 0.301 e. The van der Waals surface area contributed by atoms with Crippen molar-refractivity contribution in [2.75, 3.05) is 38.0 Å². The zero-order valence-corrected chi connectivity index (χ0v) is 20.0. The van der Waals surface area contributed by atoms with Crippen molar-refractivity contribution < 1.29 is 13.2 Å². The molecule has 32 heavy (non-hydrogen) atoms. The molecule has 3 aromatic rings. The van der Waals surface area contributed by atoms with Gasteiger partial charge in [-0.25, -0.2) is 13.4 Å². The summed E-state index contributed by atoms with van der Waals surface area (Å²) in [6.07, 6.45) is 0. The summed E-state index contributed by atoms with van der Waals surface area (Å²) in [6.45, 7) is 1.78. The monoisotopic (exact) mass is 510 g/mol. The molecule has 0 spiro atoms. The Balaban J connectivity index is 1.31. The van der Waals surface area contributed by atoms with Crippen molar-refractivity contribution >= 4 is 55.6 Å². The zero-order valence-electron chi connectivity index (χ0n) is 16.9. The van der Waals surface area contributed by atoms with Gasteiger partial charge < -0.3 is 5.32 Å². The van der Waals surface area contributed by atoms with E-state index in [-0.39, 0.29) is 17.3 Å². The van der Waals surface area contributed by atoms with Gasteiger partial charge in [-0.05, 0) is 30.3 Å². The number of nitrogens with one attached hydrogen (secondary N) is 1. The Hall–Kier alpha value is -2.01. The molecule has 1 fully saturated rings. The molecule has 4 rings (SSSR count). The number of hydrogen-bond donors (Lipinski definition) is 1. The van der Waals surface area contributed by atoms with Crippen molar-refractivity contribution in [1.29, 1.82) is 0 Å². The highest BCUT2D eigenvalue weighted by Gasteiger charge is 2.29. The number of sulfonamides is 1. The van der Waals surface area contributed by atoms with Gasteiger partial charge in [-0.3, -0.25) is 9.69 Å². The molecule has 2 heterocycles. The number of nitrogens with zero attached hydrogens (tertiary/aromatic N) is 3.